The second-order valence-electron chi connectivity index (χ2n) is 4.59. The molecule has 0 N–H and O–H groups in total. The van der Waals surface area contributed by atoms with E-state index in [1.54, 1.807) is 6.92 Å². The third-order valence-corrected chi connectivity index (χ3v) is 4.99. The Bertz CT molecular complexity index is 379. The Morgan fingerprint density at radius 3 is 2.76 bits per heavy atom. The zero-order valence-corrected chi connectivity index (χ0v) is 11.4. The van der Waals surface area contributed by atoms with Crippen LogP contribution in [0, 0.1) is 0 Å². The minimum Gasteiger partial charge on any atom is -0.295 e. The van der Waals surface area contributed by atoms with Gasteiger partial charge in [0.2, 0.25) is 0 Å². The van der Waals surface area contributed by atoms with Crippen molar-refractivity contribution in [2.45, 2.75) is 51.9 Å². The number of allylic oxidation sites excluding steroid dienone is 2. The molecule has 0 radical (unpaired) electrons. The molecule has 0 saturated heterocycles. The number of carbonyl (C=O) groups excluding carboxylic acids is 1. The second kappa shape index (κ2) is 6.94. The van der Waals surface area contributed by atoms with E-state index in [2.05, 4.69) is 0 Å². The minimum absolute atomic E-state index is 0.141. The Hall–Kier alpha value is -0.640. The molecule has 3 nitrogen and oxygen atoms in total. The standard InChI is InChI=1S/C13H22O3S/c1-2-17(15,16)11-7-10-13(14)12-8-5-3-4-6-9-12/h8H,2-7,9-11H2,1H3. The van der Waals surface area contributed by atoms with Crippen LogP contribution in [0.4, 0.5) is 0 Å². The Kier molecular flexibility index (Phi) is 5.89. The van der Waals surface area contributed by atoms with E-state index in [0.717, 1.165) is 24.8 Å². The van der Waals surface area contributed by atoms with Crippen LogP contribution >= 0.6 is 0 Å². The summed E-state index contributed by atoms with van der Waals surface area (Å²) >= 11 is 0. The van der Waals surface area contributed by atoms with Gasteiger partial charge in [0.1, 0.15) is 9.84 Å². The summed E-state index contributed by atoms with van der Waals surface area (Å²) in [5, 5.41) is 0. The number of sulfone groups is 1. The van der Waals surface area contributed by atoms with Gasteiger partial charge in [0.05, 0.1) is 5.75 Å². The summed E-state index contributed by atoms with van der Waals surface area (Å²) in [6.45, 7) is 1.64. The molecule has 0 spiro atoms. The molecule has 0 unspecified atom stereocenters. The molecule has 0 atom stereocenters. The van der Waals surface area contributed by atoms with Crippen LogP contribution in [0.5, 0.6) is 0 Å². The van der Waals surface area contributed by atoms with Crippen molar-refractivity contribution in [2.24, 2.45) is 0 Å². The summed E-state index contributed by atoms with van der Waals surface area (Å²) in [6, 6.07) is 0. The zero-order valence-electron chi connectivity index (χ0n) is 10.6. The Morgan fingerprint density at radius 2 is 2.06 bits per heavy atom. The molecule has 0 bridgehead atoms. The lowest BCUT2D eigenvalue weighted by Crippen LogP contribution is -2.11. The molecule has 0 aromatic carbocycles. The number of Topliss-reactive ketones (excluding diaryl/α,β-unsaturated/α-hetero) is 1. The molecule has 0 saturated carbocycles. The first-order valence-corrected chi connectivity index (χ1v) is 8.30. The number of hydrogen-bond donors (Lipinski definition) is 0. The average molecular weight is 258 g/mol. The fraction of sp³-hybridized carbons (Fsp3) is 0.769. The van der Waals surface area contributed by atoms with E-state index >= 15 is 0 Å². The van der Waals surface area contributed by atoms with Gasteiger partial charge in [0.15, 0.2) is 5.78 Å². The molecule has 0 fully saturated rings. The van der Waals surface area contributed by atoms with E-state index in [0.29, 0.717) is 12.8 Å². The van der Waals surface area contributed by atoms with Crippen molar-refractivity contribution in [1.29, 1.82) is 0 Å². The van der Waals surface area contributed by atoms with Crippen molar-refractivity contribution in [3.8, 4) is 0 Å². The van der Waals surface area contributed by atoms with E-state index in [9.17, 15) is 13.2 Å². The van der Waals surface area contributed by atoms with Crippen molar-refractivity contribution in [2.75, 3.05) is 11.5 Å². The fourth-order valence-corrected chi connectivity index (χ4v) is 2.90. The maximum atomic E-state index is 11.9. The van der Waals surface area contributed by atoms with Gasteiger partial charge in [-0.05, 0) is 37.7 Å². The number of carbonyl (C=O) groups is 1. The van der Waals surface area contributed by atoms with Crippen molar-refractivity contribution in [3.63, 3.8) is 0 Å². The van der Waals surface area contributed by atoms with E-state index in [4.69, 9.17) is 0 Å². The highest BCUT2D eigenvalue weighted by atomic mass is 32.2. The molecule has 1 rings (SSSR count). The van der Waals surface area contributed by atoms with Gasteiger partial charge in [-0.3, -0.25) is 4.79 Å². The van der Waals surface area contributed by atoms with Gasteiger partial charge in [-0.15, -0.1) is 0 Å². The molecule has 98 valence electrons. The minimum atomic E-state index is -2.92. The lowest BCUT2D eigenvalue weighted by Gasteiger charge is -2.04. The predicted molar refractivity (Wildman–Crippen MR) is 69.7 cm³/mol. The van der Waals surface area contributed by atoms with Gasteiger partial charge in [0, 0.05) is 12.2 Å². The van der Waals surface area contributed by atoms with Crippen LogP contribution in [-0.2, 0) is 14.6 Å². The predicted octanol–water partition coefficient (Wildman–Crippen LogP) is 2.66. The summed E-state index contributed by atoms with van der Waals surface area (Å²) in [5.74, 6) is 0.463. The van der Waals surface area contributed by atoms with E-state index < -0.39 is 9.84 Å². The third kappa shape index (κ3) is 5.48. The number of rotatable bonds is 6. The third-order valence-electron chi connectivity index (χ3n) is 3.20. The van der Waals surface area contributed by atoms with Gasteiger partial charge < -0.3 is 0 Å². The van der Waals surface area contributed by atoms with Gasteiger partial charge >= 0.3 is 0 Å². The molecule has 0 aliphatic heterocycles. The van der Waals surface area contributed by atoms with Crippen molar-refractivity contribution < 1.29 is 13.2 Å². The Labute approximate surface area is 104 Å². The fourth-order valence-electron chi connectivity index (χ4n) is 2.03. The normalized spacial score (nSPS) is 17.4. The smallest absolute Gasteiger partial charge is 0.158 e. The van der Waals surface area contributed by atoms with Crippen LogP contribution < -0.4 is 0 Å². The van der Waals surface area contributed by atoms with E-state index in [-0.39, 0.29) is 17.3 Å². The molecule has 0 aromatic rings. The maximum absolute atomic E-state index is 11.9. The summed E-state index contributed by atoms with van der Waals surface area (Å²) in [7, 11) is -2.92. The van der Waals surface area contributed by atoms with E-state index in [1.807, 2.05) is 6.08 Å². The first-order chi connectivity index (χ1) is 8.05. The second-order valence-corrected chi connectivity index (χ2v) is 7.06. The lowest BCUT2D eigenvalue weighted by molar-refractivity contribution is -0.115. The zero-order chi connectivity index (χ0) is 12.7. The molecule has 1 aliphatic rings. The first kappa shape index (κ1) is 14.4. The molecule has 1 aliphatic carbocycles. The highest BCUT2D eigenvalue weighted by molar-refractivity contribution is 7.91. The molecule has 17 heavy (non-hydrogen) atoms. The summed E-state index contributed by atoms with van der Waals surface area (Å²) in [4.78, 5) is 11.9. The topological polar surface area (TPSA) is 51.2 Å². The van der Waals surface area contributed by atoms with Crippen LogP contribution in [0.3, 0.4) is 0 Å². The molecule has 0 amide bonds. The van der Waals surface area contributed by atoms with Gasteiger partial charge in [-0.25, -0.2) is 8.42 Å². The largest absolute Gasteiger partial charge is 0.295 e. The Morgan fingerprint density at radius 1 is 1.29 bits per heavy atom. The van der Waals surface area contributed by atoms with Crippen LogP contribution in [0.2, 0.25) is 0 Å². The monoisotopic (exact) mass is 258 g/mol. The first-order valence-electron chi connectivity index (χ1n) is 6.48. The highest BCUT2D eigenvalue weighted by Crippen LogP contribution is 2.19. The molecule has 0 aromatic heterocycles. The molecular formula is C13H22O3S. The lowest BCUT2D eigenvalue weighted by atomic mass is 10.0. The van der Waals surface area contributed by atoms with E-state index in [1.165, 1.54) is 12.8 Å². The number of hydrogen-bond acceptors (Lipinski definition) is 3. The van der Waals surface area contributed by atoms with Crippen LogP contribution in [0.15, 0.2) is 11.6 Å². The van der Waals surface area contributed by atoms with Crippen molar-refractivity contribution in [3.05, 3.63) is 11.6 Å². The van der Waals surface area contributed by atoms with Crippen LogP contribution in [0.1, 0.15) is 51.9 Å². The summed E-state index contributed by atoms with van der Waals surface area (Å²) in [5.41, 5.74) is 0.927. The van der Waals surface area contributed by atoms with Crippen LogP contribution in [-0.4, -0.2) is 25.7 Å². The molecule has 0 heterocycles. The summed E-state index contributed by atoms with van der Waals surface area (Å²) < 4.78 is 22.6. The summed E-state index contributed by atoms with van der Waals surface area (Å²) in [6.07, 6.45) is 8.21. The van der Waals surface area contributed by atoms with Gasteiger partial charge in [-0.1, -0.05) is 19.4 Å². The highest BCUT2D eigenvalue weighted by Gasteiger charge is 2.13. The maximum Gasteiger partial charge on any atom is 0.158 e. The van der Waals surface area contributed by atoms with Crippen molar-refractivity contribution >= 4 is 15.6 Å². The Balaban J connectivity index is 2.36. The van der Waals surface area contributed by atoms with Crippen LogP contribution in [0.25, 0.3) is 0 Å². The number of ketones is 1. The molecular weight excluding hydrogens is 236 g/mol. The van der Waals surface area contributed by atoms with Gasteiger partial charge in [-0.2, -0.15) is 0 Å². The van der Waals surface area contributed by atoms with Gasteiger partial charge in [0.25, 0.3) is 0 Å². The SMILES string of the molecule is CCS(=O)(=O)CCCC(=O)C1=CCCCCC1. The molecule has 4 heteroatoms. The van der Waals surface area contributed by atoms with Crippen molar-refractivity contribution in [1.82, 2.24) is 0 Å². The quantitative estimate of drug-likeness (QED) is 0.736. The average Bonchev–Trinajstić information content (AvgIpc) is 2.57.